The number of rotatable bonds is 3. The van der Waals surface area contributed by atoms with Crippen LogP contribution in [-0.2, 0) is 0 Å². The van der Waals surface area contributed by atoms with Gasteiger partial charge >= 0.3 is 6.18 Å². The Morgan fingerprint density at radius 2 is 1.81 bits per heavy atom. The van der Waals surface area contributed by atoms with E-state index >= 15 is 0 Å². The van der Waals surface area contributed by atoms with Crippen molar-refractivity contribution in [2.24, 2.45) is 22.6 Å². The predicted molar refractivity (Wildman–Crippen MR) is 109 cm³/mol. The number of nitrogens with two attached hydrogens (primary N) is 1. The van der Waals surface area contributed by atoms with E-state index in [4.69, 9.17) is 15.2 Å². The molecule has 3 N–H and O–H groups in total. The van der Waals surface area contributed by atoms with Gasteiger partial charge in [-0.3, -0.25) is 4.99 Å². The van der Waals surface area contributed by atoms with Gasteiger partial charge in [-0.2, -0.15) is 13.2 Å². The van der Waals surface area contributed by atoms with E-state index in [-0.39, 0.29) is 42.9 Å². The SMILES string of the molecule is I.NC(=NCC1CCCCC1C(F)(F)F)Nc1ccc2c(c1)OCCCO2. The minimum Gasteiger partial charge on any atom is -0.490 e. The van der Waals surface area contributed by atoms with Crippen molar-refractivity contribution in [3.63, 3.8) is 0 Å². The van der Waals surface area contributed by atoms with Crippen LogP contribution >= 0.6 is 24.0 Å². The first-order valence-corrected chi connectivity index (χ1v) is 8.97. The van der Waals surface area contributed by atoms with Gasteiger partial charge in [0.2, 0.25) is 0 Å². The van der Waals surface area contributed by atoms with E-state index < -0.39 is 18.0 Å². The van der Waals surface area contributed by atoms with Gasteiger partial charge in [-0.25, -0.2) is 0 Å². The lowest BCUT2D eigenvalue weighted by Gasteiger charge is -2.32. The Bertz CT molecular complexity index is 655. The molecule has 2 atom stereocenters. The third kappa shape index (κ3) is 6.05. The van der Waals surface area contributed by atoms with Crippen LogP contribution < -0.4 is 20.5 Å². The smallest absolute Gasteiger partial charge is 0.392 e. The summed E-state index contributed by atoms with van der Waals surface area (Å²) in [4.78, 5) is 4.15. The molecule has 2 aliphatic rings. The molecule has 1 aliphatic carbocycles. The van der Waals surface area contributed by atoms with Crippen molar-refractivity contribution < 1.29 is 22.6 Å². The first-order valence-electron chi connectivity index (χ1n) is 8.97. The van der Waals surface area contributed by atoms with Crippen LogP contribution in [0.5, 0.6) is 11.5 Å². The Hall–Kier alpha value is -1.39. The Morgan fingerprint density at radius 1 is 1.11 bits per heavy atom. The minimum absolute atomic E-state index is 0. The molecule has 1 saturated carbocycles. The predicted octanol–water partition coefficient (Wildman–Crippen LogP) is 4.56. The van der Waals surface area contributed by atoms with Crippen molar-refractivity contribution in [3.05, 3.63) is 18.2 Å². The number of fused-ring (bicyclic) bond motifs is 1. The second-order valence-corrected chi connectivity index (χ2v) is 6.76. The van der Waals surface area contributed by atoms with Crippen LogP contribution in [0, 0.1) is 11.8 Å². The van der Waals surface area contributed by atoms with Crippen LogP contribution in [-0.4, -0.2) is 31.9 Å². The summed E-state index contributed by atoms with van der Waals surface area (Å²) in [6, 6.07) is 5.30. The number of ether oxygens (including phenoxy) is 2. The molecule has 152 valence electrons. The molecular weight excluding hydrogens is 474 g/mol. The van der Waals surface area contributed by atoms with Crippen molar-refractivity contribution in [1.82, 2.24) is 0 Å². The van der Waals surface area contributed by atoms with E-state index in [0.717, 1.165) is 12.8 Å². The molecule has 27 heavy (non-hydrogen) atoms. The number of hydrogen-bond acceptors (Lipinski definition) is 3. The van der Waals surface area contributed by atoms with Crippen LogP contribution in [0.2, 0.25) is 0 Å². The number of benzene rings is 1. The molecule has 1 aromatic rings. The van der Waals surface area contributed by atoms with Gasteiger partial charge in [0.05, 0.1) is 19.1 Å². The average molecular weight is 499 g/mol. The van der Waals surface area contributed by atoms with Crippen LogP contribution in [0.15, 0.2) is 23.2 Å². The maximum atomic E-state index is 13.1. The molecule has 0 saturated heterocycles. The maximum absolute atomic E-state index is 13.1. The monoisotopic (exact) mass is 499 g/mol. The van der Waals surface area contributed by atoms with Gasteiger partial charge in [0, 0.05) is 24.7 Å². The summed E-state index contributed by atoms with van der Waals surface area (Å²) in [7, 11) is 0. The molecule has 0 bridgehead atoms. The van der Waals surface area contributed by atoms with E-state index in [1.54, 1.807) is 18.2 Å². The van der Waals surface area contributed by atoms with Gasteiger partial charge < -0.3 is 20.5 Å². The van der Waals surface area contributed by atoms with Gasteiger partial charge in [-0.1, -0.05) is 12.8 Å². The quantitative estimate of drug-likeness (QED) is 0.364. The van der Waals surface area contributed by atoms with Crippen molar-refractivity contribution in [1.29, 1.82) is 0 Å². The normalized spacial score (nSPS) is 23.1. The second kappa shape index (κ2) is 9.70. The van der Waals surface area contributed by atoms with Gasteiger partial charge in [0.25, 0.3) is 0 Å². The molecule has 5 nitrogen and oxygen atoms in total. The Labute approximate surface area is 173 Å². The van der Waals surface area contributed by atoms with Gasteiger partial charge in [0.15, 0.2) is 17.5 Å². The topological polar surface area (TPSA) is 68.9 Å². The molecule has 1 heterocycles. The Morgan fingerprint density at radius 3 is 2.56 bits per heavy atom. The summed E-state index contributed by atoms with van der Waals surface area (Å²) < 4.78 is 50.6. The lowest BCUT2D eigenvalue weighted by atomic mass is 9.79. The summed E-state index contributed by atoms with van der Waals surface area (Å²) in [5.74, 6) is -0.409. The number of alkyl halides is 3. The lowest BCUT2D eigenvalue weighted by molar-refractivity contribution is -0.195. The summed E-state index contributed by atoms with van der Waals surface area (Å²) >= 11 is 0. The third-order valence-electron chi connectivity index (χ3n) is 4.85. The molecule has 0 radical (unpaired) electrons. The highest BCUT2D eigenvalue weighted by atomic mass is 127. The number of halogens is 4. The van der Waals surface area contributed by atoms with Crippen molar-refractivity contribution >= 4 is 35.6 Å². The molecule has 1 aromatic carbocycles. The fraction of sp³-hybridized carbons (Fsp3) is 0.611. The van der Waals surface area contributed by atoms with E-state index in [0.29, 0.717) is 43.2 Å². The summed E-state index contributed by atoms with van der Waals surface area (Å²) in [6.07, 6.45) is -1.22. The zero-order valence-electron chi connectivity index (χ0n) is 14.9. The largest absolute Gasteiger partial charge is 0.490 e. The number of nitrogens with one attached hydrogen (secondary N) is 1. The molecule has 0 amide bonds. The van der Waals surface area contributed by atoms with Crippen LogP contribution in [0.4, 0.5) is 18.9 Å². The first-order chi connectivity index (χ1) is 12.4. The van der Waals surface area contributed by atoms with Gasteiger partial charge in [-0.15, -0.1) is 24.0 Å². The fourth-order valence-electron chi connectivity index (χ4n) is 3.50. The molecule has 0 spiro atoms. The first kappa shape index (κ1) is 21.9. The molecule has 1 aliphatic heterocycles. The van der Waals surface area contributed by atoms with Gasteiger partial charge in [0.1, 0.15) is 0 Å². The standard InChI is InChI=1S/C18H24F3N3O2.HI/c19-18(20,21)14-5-2-1-4-12(14)11-23-17(22)24-13-6-7-15-16(10-13)26-9-3-8-25-15;/h6-7,10,12,14H,1-5,8-9,11H2,(H3,22,23,24);1H. The highest BCUT2D eigenvalue weighted by Crippen LogP contribution is 2.41. The highest BCUT2D eigenvalue weighted by molar-refractivity contribution is 14.0. The summed E-state index contributed by atoms with van der Waals surface area (Å²) in [5, 5.41) is 2.92. The Kier molecular flexibility index (Phi) is 7.87. The van der Waals surface area contributed by atoms with Crippen molar-refractivity contribution in [2.75, 3.05) is 25.1 Å². The lowest BCUT2D eigenvalue weighted by Crippen LogP contribution is -2.35. The average Bonchev–Trinajstić information content (AvgIpc) is 2.84. The number of nitrogens with zero attached hydrogens (tertiary/aromatic N) is 1. The zero-order valence-corrected chi connectivity index (χ0v) is 17.3. The number of anilines is 1. The minimum atomic E-state index is -4.17. The molecule has 9 heteroatoms. The maximum Gasteiger partial charge on any atom is 0.392 e. The van der Waals surface area contributed by atoms with E-state index in [1.165, 1.54) is 0 Å². The van der Waals surface area contributed by atoms with E-state index in [2.05, 4.69) is 10.3 Å². The second-order valence-electron chi connectivity index (χ2n) is 6.76. The number of aliphatic imine (C=N–C) groups is 1. The van der Waals surface area contributed by atoms with E-state index in [1.807, 2.05) is 0 Å². The van der Waals surface area contributed by atoms with Crippen molar-refractivity contribution in [3.8, 4) is 11.5 Å². The summed E-state index contributed by atoms with van der Waals surface area (Å²) in [5.41, 5.74) is 6.53. The zero-order chi connectivity index (χ0) is 18.6. The third-order valence-corrected chi connectivity index (χ3v) is 4.85. The fourth-order valence-corrected chi connectivity index (χ4v) is 3.50. The van der Waals surface area contributed by atoms with E-state index in [9.17, 15) is 13.2 Å². The Balaban J connectivity index is 0.00000261. The van der Waals surface area contributed by atoms with Crippen LogP contribution in [0.3, 0.4) is 0 Å². The number of guanidine groups is 1. The van der Waals surface area contributed by atoms with Crippen LogP contribution in [0.1, 0.15) is 32.1 Å². The molecule has 2 unspecified atom stereocenters. The number of hydrogen-bond donors (Lipinski definition) is 2. The van der Waals surface area contributed by atoms with Crippen molar-refractivity contribution in [2.45, 2.75) is 38.3 Å². The molecule has 1 fully saturated rings. The molecule has 0 aromatic heterocycles. The molecular formula is C18H25F3IN3O2. The summed E-state index contributed by atoms with van der Waals surface area (Å²) in [6.45, 7) is 1.25. The highest BCUT2D eigenvalue weighted by Gasteiger charge is 2.45. The van der Waals surface area contributed by atoms with Gasteiger partial charge in [-0.05, 0) is 30.9 Å². The van der Waals surface area contributed by atoms with Crippen LogP contribution in [0.25, 0.3) is 0 Å². The molecule has 3 rings (SSSR count).